The fraction of sp³-hybridized carbons (Fsp3) is 0.0833. The lowest BCUT2D eigenvalue weighted by molar-refractivity contribution is 0.386. The van der Waals surface area contributed by atoms with Crippen molar-refractivity contribution >= 4 is 0 Å². The first-order valence-electron chi connectivity index (χ1n) is 4.92. The van der Waals surface area contributed by atoms with E-state index in [2.05, 4.69) is 9.97 Å². The molecular formula is C12H7F2N3O. The van der Waals surface area contributed by atoms with E-state index < -0.39 is 11.6 Å². The second-order valence-corrected chi connectivity index (χ2v) is 3.35. The maximum atomic E-state index is 13.8. The second kappa shape index (κ2) is 4.75. The van der Waals surface area contributed by atoms with Crippen molar-refractivity contribution in [3.8, 4) is 23.1 Å². The lowest BCUT2D eigenvalue weighted by atomic mass is 10.1. The van der Waals surface area contributed by atoms with E-state index in [9.17, 15) is 8.78 Å². The molecule has 0 saturated carbocycles. The topological polar surface area (TPSA) is 58.8 Å². The molecule has 2 aromatic rings. The van der Waals surface area contributed by atoms with Crippen LogP contribution in [0.25, 0.3) is 11.3 Å². The smallest absolute Gasteiger partial charge is 0.185 e. The van der Waals surface area contributed by atoms with Crippen LogP contribution < -0.4 is 4.74 Å². The van der Waals surface area contributed by atoms with Crippen LogP contribution in [-0.2, 0) is 0 Å². The first-order valence-corrected chi connectivity index (χ1v) is 4.92. The van der Waals surface area contributed by atoms with Crippen molar-refractivity contribution in [2.24, 2.45) is 0 Å². The highest BCUT2D eigenvalue weighted by molar-refractivity contribution is 5.62. The van der Waals surface area contributed by atoms with Gasteiger partial charge < -0.3 is 4.74 Å². The van der Waals surface area contributed by atoms with Crippen LogP contribution in [0.2, 0.25) is 0 Å². The summed E-state index contributed by atoms with van der Waals surface area (Å²) in [5.74, 6) is -1.45. The molecule has 0 unspecified atom stereocenters. The zero-order valence-corrected chi connectivity index (χ0v) is 9.32. The van der Waals surface area contributed by atoms with Gasteiger partial charge in [0.25, 0.3) is 0 Å². The van der Waals surface area contributed by atoms with Crippen molar-refractivity contribution in [1.29, 1.82) is 5.26 Å². The van der Waals surface area contributed by atoms with Crippen molar-refractivity contribution in [3.05, 3.63) is 41.9 Å². The molecule has 1 aromatic carbocycles. The molecule has 0 saturated heterocycles. The Labute approximate surface area is 101 Å². The molecule has 0 N–H and O–H groups in total. The first kappa shape index (κ1) is 11.9. The van der Waals surface area contributed by atoms with Crippen molar-refractivity contribution < 1.29 is 13.5 Å². The van der Waals surface area contributed by atoms with Crippen LogP contribution in [0.15, 0.2) is 24.5 Å². The van der Waals surface area contributed by atoms with Crippen molar-refractivity contribution in [2.45, 2.75) is 0 Å². The standard InChI is InChI=1S/C12H7F2N3O/c1-18-10-3-2-7(4-8(10)13)12-11(14)9(5-15)16-6-17-12/h2-4,6H,1H3. The number of hydrogen-bond acceptors (Lipinski definition) is 4. The number of rotatable bonds is 2. The van der Waals surface area contributed by atoms with Gasteiger partial charge in [0.1, 0.15) is 18.1 Å². The van der Waals surface area contributed by atoms with E-state index in [0.717, 1.165) is 12.4 Å². The lowest BCUT2D eigenvalue weighted by Gasteiger charge is -2.05. The quantitative estimate of drug-likeness (QED) is 0.817. The fourth-order valence-corrected chi connectivity index (χ4v) is 1.46. The van der Waals surface area contributed by atoms with Crippen LogP contribution in [0.1, 0.15) is 5.69 Å². The third kappa shape index (κ3) is 1.98. The van der Waals surface area contributed by atoms with Gasteiger partial charge in [-0.05, 0) is 18.2 Å². The Balaban J connectivity index is 2.56. The van der Waals surface area contributed by atoms with Gasteiger partial charge in [-0.1, -0.05) is 0 Å². The summed E-state index contributed by atoms with van der Waals surface area (Å²) in [5, 5.41) is 8.65. The highest BCUT2D eigenvalue weighted by Crippen LogP contribution is 2.26. The molecule has 18 heavy (non-hydrogen) atoms. The number of halogens is 2. The van der Waals surface area contributed by atoms with Gasteiger partial charge in [-0.3, -0.25) is 0 Å². The minimum absolute atomic E-state index is 0.0497. The maximum Gasteiger partial charge on any atom is 0.185 e. The van der Waals surface area contributed by atoms with Crippen LogP contribution in [-0.4, -0.2) is 17.1 Å². The molecule has 1 aromatic heterocycles. The molecule has 90 valence electrons. The summed E-state index contributed by atoms with van der Waals surface area (Å²) in [6, 6.07) is 5.50. The summed E-state index contributed by atoms with van der Waals surface area (Å²) in [7, 11) is 1.33. The number of methoxy groups -OCH3 is 1. The Morgan fingerprint density at radius 1 is 1.28 bits per heavy atom. The Kier molecular flexibility index (Phi) is 3.15. The molecule has 2 rings (SSSR count). The molecule has 0 spiro atoms. The van der Waals surface area contributed by atoms with Crippen LogP contribution >= 0.6 is 0 Å². The lowest BCUT2D eigenvalue weighted by Crippen LogP contribution is -1.97. The molecule has 0 aliphatic carbocycles. The maximum absolute atomic E-state index is 13.8. The molecule has 4 nitrogen and oxygen atoms in total. The average molecular weight is 247 g/mol. The summed E-state index contributed by atoms with van der Waals surface area (Å²) in [6.07, 6.45) is 1.05. The fourth-order valence-electron chi connectivity index (χ4n) is 1.46. The number of nitrogens with zero attached hydrogens (tertiary/aromatic N) is 3. The number of benzene rings is 1. The van der Waals surface area contributed by atoms with E-state index in [4.69, 9.17) is 10.00 Å². The normalized spacial score (nSPS) is 9.89. The number of nitriles is 1. The van der Waals surface area contributed by atoms with Crippen LogP contribution in [0.4, 0.5) is 8.78 Å². The van der Waals surface area contributed by atoms with E-state index >= 15 is 0 Å². The largest absolute Gasteiger partial charge is 0.494 e. The van der Waals surface area contributed by atoms with Gasteiger partial charge in [0, 0.05) is 5.56 Å². The number of ether oxygens (including phenoxy) is 1. The van der Waals surface area contributed by atoms with E-state index in [1.807, 2.05) is 0 Å². The highest BCUT2D eigenvalue weighted by atomic mass is 19.1. The summed E-state index contributed by atoms with van der Waals surface area (Å²) >= 11 is 0. The summed E-state index contributed by atoms with van der Waals surface area (Å²) in [5.41, 5.74) is -0.288. The number of aromatic nitrogens is 2. The van der Waals surface area contributed by atoms with Crippen LogP contribution in [0.3, 0.4) is 0 Å². The second-order valence-electron chi connectivity index (χ2n) is 3.35. The van der Waals surface area contributed by atoms with Gasteiger partial charge >= 0.3 is 0 Å². The Morgan fingerprint density at radius 3 is 2.67 bits per heavy atom. The predicted molar refractivity (Wildman–Crippen MR) is 58.7 cm³/mol. The van der Waals surface area contributed by atoms with E-state index in [1.54, 1.807) is 6.07 Å². The van der Waals surface area contributed by atoms with Crippen molar-refractivity contribution in [1.82, 2.24) is 9.97 Å². The minimum atomic E-state index is -0.871. The number of hydrogen-bond donors (Lipinski definition) is 0. The van der Waals surface area contributed by atoms with Gasteiger partial charge in [-0.25, -0.2) is 18.7 Å². The highest BCUT2D eigenvalue weighted by Gasteiger charge is 2.14. The van der Waals surface area contributed by atoms with Gasteiger partial charge in [-0.15, -0.1) is 0 Å². The summed E-state index contributed by atoms with van der Waals surface area (Å²) in [4.78, 5) is 7.18. The Bertz CT molecular complexity index is 638. The monoisotopic (exact) mass is 247 g/mol. The third-order valence-corrected chi connectivity index (χ3v) is 2.32. The molecular weight excluding hydrogens is 240 g/mol. The summed E-state index contributed by atoms with van der Waals surface area (Å²) in [6.45, 7) is 0. The molecule has 0 bridgehead atoms. The molecule has 1 heterocycles. The molecule has 0 amide bonds. The predicted octanol–water partition coefficient (Wildman–Crippen LogP) is 2.30. The third-order valence-electron chi connectivity index (χ3n) is 2.32. The Hall–Kier alpha value is -2.55. The molecule has 0 radical (unpaired) electrons. The van der Waals surface area contributed by atoms with Gasteiger partial charge in [-0.2, -0.15) is 5.26 Å². The first-order chi connectivity index (χ1) is 8.67. The zero-order chi connectivity index (χ0) is 13.1. The average Bonchev–Trinajstić information content (AvgIpc) is 2.39. The van der Waals surface area contributed by atoms with Crippen molar-refractivity contribution in [2.75, 3.05) is 7.11 Å². The molecule has 0 aliphatic rings. The molecule has 0 aliphatic heterocycles. The Morgan fingerprint density at radius 2 is 2.06 bits per heavy atom. The van der Waals surface area contributed by atoms with Gasteiger partial charge in [0.15, 0.2) is 23.1 Å². The zero-order valence-electron chi connectivity index (χ0n) is 9.32. The van der Waals surface area contributed by atoms with E-state index in [0.29, 0.717) is 0 Å². The van der Waals surface area contributed by atoms with Crippen molar-refractivity contribution in [3.63, 3.8) is 0 Å². The molecule has 6 heteroatoms. The minimum Gasteiger partial charge on any atom is -0.494 e. The SMILES string of the molecule is COc1ccc(-c2ncnc(C#N)c2F)cc1F. The van der Waals surface area contributed by atoms with Crippen LogP contribution in [0.5, 0.6) is 5.75 Å². The summed E-state index contributed by atoms with van der Waals surface area (Å²) < 4.78 is 32.0. The molecule has 0 atom stereocenters. The molecule has 0 fully saturated rings. The van der Waals surface area contributed by atoms with Gasteiger partial charge in [0.2, 0.25) is 0 Å². The van der Waals surface area contributed by atoms with E-state index in [-0.39, 0.29) is 22.7 Å². The van der Waals surface area contributed by atoms with Gasteiger partial charge in [0.05, 0.1) is 7.11 Å². The van der Waals surface area contributed by atoms with Crippen LogP contribution in [0, 0.1) is 23.0 Å². The van der Waals surface area contributed by atoms with E-state index in [1.165, 1.54) is 19.2 Å².